The molecule has 2 rings (SSSR count). The minimum atomic E-state index is -0.576. The molecule has 0 saturated carbocycles. The molecule has 0 radical (unpaired) electrons. The van der Waals surface area contributed by atoms with Gasteiger partial charge >= 0.3 is 0 Å². The van der Waals surface area contributed by atoms with Gasteiger partial charge in [0.2, 0.25) is 0 Å². The predicted octanol–water partition coefficient (Wildman–Crippen LogP) is 1.57. The van der Waals surface area contributed by atoms with E-state index in [-0.39, 0.29) is 22.8 Å². The van der Waals surface area contributed by atoms with E-state index < -0.39 is 5.91 Å². The lowest BCUT2D eigenvalue weighted by Crippen LogP contribution is -2.17. The van der Waals surface area contributed by atoms with Crippen molar-refractivity contribution in [3.05, 3.63) is 53.6 Å². The third-order valence-corrected chi connectivity index (χ3v) is 2.41. The Morgan fingerprint density at radius 3 is 2.35 bits per heavy atom. The summed E-state index contributed by atoms with van der Waals surface area (Å²) in [6, 6.07) is 9.88. The van der Waals surface area contributed by atoms with Crippen molar-refractivity contribution in [2.45, 2.75) is 0 Å². The molecular formula is C14H12N2O4. The molecule has 0 spiro atoms. The molecule has 0 aliphatic heterocycles. The van der Waals surface area contributed by atoms with Crippen molar-refractivity contribution in [3.8, 4) is 17.2 Å². The first-order valence-corrected chi connectivity index (χ1v) is 5.70. The van der Waals surface area contributed by atoms with Crippen LogP contribution in [0.25, 0.3) is 0 Å². The molecule has 0 heterocycles. The van der Waals surface area contributed by atoms with Gasteiger partial charge in [-0.3, -0.25) is 4.79 Å². The van der Waals surface area contributed by atoms with Crippen molar-refractivity contribution < 1.29 is 20.1 Å². The zero-order chi connectivity index (χ0) is 14.5. The fourth-order valence-electron chi connectivity index (χ4n) is 1.56. The van der Waals surface area contributed by atoms with Crippen molar-refractivity contribution >= 4 is 12.1 Å². The summed E-state index contributed by atoms with van der Waals surface area (Å²) in [6.45, 7) is 0. The molecule has 0 aliphatic carbocycles. The molecular weight excluding hydrogens is 260 g/mol. The van der Waals surface area contributed by atoms with E-state index in [0.717, 1.165) is 6.07 Å². The van der Waals surface area contributed by atoms with Gasteiger partial charge in [-0.25, -0.2) is 5.43 Å². The maximum atomic E-state index is 11.7. The average molecular weight is 272 g/mol. The molecule has 1 amide bonds. The van der Waals surface area contributed by atoms with Crippen molar-refractivity contribution in [2.24, 2.45) is 5.10 Å². The van der Waals surface area contributed by atoms with E-state index in [0.29, 0.717) is 5.56 Å². The first-order valence-electron chi connectivity index (χ1n) is 5.70. The Balaban J connectivity index is 2.05. The second-order valence-electron chi connectivity index (χ2n) is 4.03. The third kappa shape index (κ3) is 3.49. The van der Waals surface area contributed by atoms with Crippen LogP contribution in [-0.4, -0.2) is 27.4 Å². The van der Waals surface area contributed by atoms with E-state index in [1.165, 1.54) is 30.5 Å². The Morgan fingerprint density at radius 1 is 1.00 bits per heavy atom. The Kier molecular flexibility index (Phi) is 3.85. The highest BCUT2D eigenvalue weighted by Gasteiger charge is 2.07. The molecule has 102 valence electrons. The Hall–Kier alpha value is -3.02. The van der Waals surface area contributed by atoms with Crippen LogP contribution in [0.4, 0.5) is 0 Å². The van der Waals surface area contributed by atoms with E-state index in [9.17, 15) is 20.1 Å². The molecule has 4 N–H and O–H groups in total. The number of benzene rings is 2. The zero-order valence-electron chi connectivity index (χ0n) is 10.3. The summed E-state index contributed by atoms with van der Waals surface area (Å²) in [5.74, 6) is -0.912. The number of hydrogen-bond acceptors (Lipinski definition) is 5. The van der Waals surface area contributed by atoms with E-state index in [2.05, 4.69) is 10.5 Å². The molecule has 2 aromatic carbocycles. The molecule has 0 aromatic heterocycles. The summed E-state index contributed by atoms with van der Waals surface area (Å²) in [7, 11) is 0. The van der Waals surface area contributed by atoms with Gasteiger partial charge in [-0.15, -0.1) is 0 Å². The van der Waals surface area contributed by atoms with Gasteiger partial charge in [0.15, 0.2) is 0 Å². The Morgan fingerprint density at radius 2 is 1.70 bits per heavy atom. The minimum absolute atomic E-state index is 0.0792. The number of carbonyl (C=O) groups excluding carboxylic acids is 1. The zero-order valence-corrected chi connectivity index (χ0v) is 10.3. The molecule has 0 saturated heterocycles. The summed E-state index contributed by atoms with van der Waals surface area (Å²) in [6.07, 6.45) is 1.36. The van der Waals surface area contributed by atoms with Crippen molar-refractivity contribution in [1.29, 1.82) is 0 Å². The summed E-state index contributed by atoms with van der Waals surface area (Å²) in [5.41, 5.74) is 2.94. The highest BCUT2D eigenvalue weighted by Crippen LogP contribution is 2.20. The maximum absolute atomic E-state index is 11.7. The van der Waals surface area contributed by atoms with Gasteiger partial charge in [0, 0.05) is 11.6 Å². The lowest BCUT2D eigenvalue weighted by atomic mass is 10.2. The summed E-state index contributed by atoms with van der Waals surface area (Å²) in [5, 5.41) is 31.5. The predicted molar refractivity (Wildman–Crippen MR) is 72.9 cm³/mol. The number of amides is 1. The lowest BCUT2D eigenvalue weighted by Gasteiger charge is -2.02. The van der Waals surface area contributed by atoms with E-state index in [1.54, 1.807) is 12.1 Å². The number of hydrogen-bond donors (Lipinski definition) is 4. The summed E-state index contributed by atoms with van der Waals surface area (Å²) < 4.78 is 0. The quantitative estimate of drug-likeness (QED) is 0.503. The number of nitrogens with zero attached hydrogens (tertiary/aromatic N) is 1. The molecule has 6 nitrogen and oxygen atoms in total. The minimum Gasteiger partial charge on any atom is -0.508 e. The lowest BCUT2D eigenvalue weighted by molar-refractivity contribution is 0.0954. The van der Waals surface area contributed by atoms with Crippen LogP contribution in [0.1, 0.15) is 15.9 Å². The molecule has 0 unspecified atom stereocenters. The van der Waals surface area contributed by atoms with Crippen LogP contribution in [0.3, 0.4) is 0 Å². The molecule has 0 atom stereocenters. The fourth-order valence-corrected chi connectivity index (χ4v) is 1.56. The van der Waals surface area contributed by atoms with Crippen LogP contribution in [0.2, 0.25) is 0 Å². The molecule has 0 bridgehead atoms. The Bertz CT molecular complexity index is 648. The van der Waals surface area contributed by atoms with Gasteiger partial charge < -0.3 is 15.3 Å². The molecule has 0 fully saturated rings. The molecule has 0 aliphatic rings. The van der Waals surface area contributed by atoms with Gasteiger partial charge in [0.05, 0.1) is 6.21 Å². The van der Waals surface area contributed by atoms with Crippen molar-refractivity contribution in [1.82, 2.24) is 5.43 Å². The fraction of sp³-hybridized carbons (Fsp3) is 0. The normalized spacial score (nSPS) is 10.6. The van der Waals surface area contributed by atoms with E-state index in [4.69, 9.17) is 0 Å². The van der Waals surface area contributed by atoms with Crippen LogP contribution in [0, 0.1) is 0 Å². The van der Waals surface area contributed by atoms with Crippen LogP contribution >= 0.6 is 0 Å². The largest absolute Gasteiger partial charge is 0.508 e. The van der Waals surface area contributed by atoms with E-state index in [1.807, 2.05) is 0 Å². The SMILES string of the molecule is O=C(N/N=C\c1cccc(O)c1)c1cc(O)cc(O)c1. The second-order valence-corrected chi connectivity index (χ2v) is 4.03. The number of carbonyl (C=O) groups is 1. The molecule has 2 aromatic rings. The van der Waals surface area contributed by atoms with Crippen LogP contribution < -0.4 is 5.43 Å². The van der Waals surface area contributed by atoms with Crippen LogP contribution in [0.5, 0.6) is 17.2 Å². The highest BCUT2D eigenvalue weighted by atomic mass is 16.3. The number of rotatable bonds is 3. The Labute approximate surface area is 114 Å². The number of phenolic OH excluding ortho intramolecular Hbond substituents is 3. The third-order valence-electron chi connectivity index (χ3n) is 2.41. The summed E-state index contributed by atoms with van der Waals surface area (Å²) in [4.78, 5) is 11.7. The van der Waals surface area contributed by atoms with Gasteiger partial charge in [-0.05, 0) is 29.8 Å². The standard InChI is InChI=1S/C14H12N2O4/c17-11-3-1-2-9(4-11)8-15-16-14(20)10-5-12(18)7-13(19)6-10/h1-8,17-19H,(H,16,20)/b15-8-. The first kappa shape index (κ1) is 13.4. The first-order chi connectivity index (χ1) is 9.54. The number of phenols is 3. The second kappa shape index (κ2) is 5.75. The van der Waals surface area contributed by atoms with Crippen molar-refractivity contribution in [3.63, 3.8) is 0 Å². The smallest absolute Gasteiger partial charge is 0.271 e. The number of aromatic hydroxyl groups is 3. The number of nitrogens with one attached hydrogen (secondary N) is 1. The summed E-state index contributed by atoms with van der Waals surface area (Å²) >= 11 is 0. The van der Waals surface area contributed by atoms with Gasteiger partial charge in [-0.2, -0.15) is 5.10 Å². The van der Waals surface area contributed by atoms with Crippen LogP contribution in [0.15, 0.2) is 47.6 Å². The average Bonchev–Trinajstić information content (AvgIpc) is 2.37. The number of hydrazone groups is 1. The topological polar surface area (TPSA) is 102 Å². The highest BCUT2D eigenvalue weighted by molar-refractivity contribution is 5.95. The molecule has 6 heteroatoms. The van der Waals surface area contributed by atoms with Crippen LogP contribution in [-0.2, 0) is 0 Å². The molecule has 20 heavy (non-hydrogen) atoms. The van der Waals surface area contributed by atoms with Gasteiger partial charge in [0.1, 0.15) is 17.2 Å². The van der Waals surface area contributed by atoms with Gasteiger partial charge in [-0.1, -0.05) is 12.1 Å². The van der Waals surface area contributed by atoms with Gasteiger partial charge in [0.25, 0.3) is 5.91 Å². The van der Waals surface area contributed by atoms with E-state index >= 15 is 0 Å². The maximum Gasteiger partial charge on any atom is 0.271 e. The monoisotopic (exact) mass is 272 g/mol. The van der Waals surface area contributed by atoms with Crippen molar-refractivity contribution in [2.75, 3.05) is 0 Å².